The molecule has 4 rings (SSSR count). The number of carbonyl (C=O) groups is 3. The van der Waals surface area contributed by atoms with Crippen molar-refractivity contribution < 1.29 is 14.4 Å². The molecule has 7 heteroatoms. The average Bonchev–Trinajstić information content (AvgIpc) is 3.03. The number of halogens is 1. The summed E-state index contributed by atoms with van der Waals surface area (Å²) in [6.07, 6.45) is 1.75. The third kappa shape index (κ3) is 3.45. The Morgan fingerprint density at radius 2 is 1.97 bits per heavy atom. The Hall–Kier alpha value is -2.86. The molecular weight excluding hydrogens is 402 g/mol. The van der Waals surface area contributed by atoms with Gasteiger partial charge in [-0.25, -0.2) is 0 Å². The molecule has 0 spiro atoms. The number of nitrogens with zero attached hydrogens (tertiary/aromatic N) is 2. The molecule has 1 fully saturated rings. The van der Waals surface area contributed by atoms with Crippen LogP contribution in [-0.4, -0.2) is 34.8 Å². The maximum atomic E-state index is 13.2. The molecule has 3 amide bonds. The lowest BCUT2D eigenvalue weighted by atomic mass is 9.98. The van der Waals surface area contributed by atoms with Crippen LogP contribution in [0.25, 0.3) is 0 Å². The Morgan fingerprint density at radius 3 is 2.73 bits per heavy atom. The minimum Gasteiger partial charge on any atom is -0.326 e. The summed E-state index contributed by atoms with van der Waals surface area (Å²) in [4.78, 5) is 41.6. The number of anilines is 2. The van der Waals surface area contributed by atoms with Crippen molar-refractivity contribution >= 4 is 40.7 Å². The minimum absolute atomic E-state index is 0.0245. The van der Waals surface area contributed by atoms with Gasteiger partial charge < -0.3 is 10.2 Å². The quantitative estimate of drug-likeness (QED) is 0.773. The molecule has 0 aliphatic carbocycles. The van der Waals surface area contributed by atoms with Gasteiger partial charge in [-0.15, -0.1) is 0 Å². The van der Waals surface area contributed by atoms with Crippen LogP contribution >= 0.6 is 11.6 Å². The largest absolute Gasteiger partial charge is 0.326 e. The number of rotatable bonds is 5. The molecular formula is C23H24ClN3O3. The molecule has 1 N–H and O–H groups in total. The van der Waals surface area contributed by atoms with Crippen LogP contribution in [0.4, 0.5) is 11.4 Å². The van der Waals surface area contributed by atoms with E-state index in [-0.39, 0.29) is 24.1 Å². The van der Waals surface area contributed by atoms with Crippen molar-refractivity contribution in [2.45, 2.75) is 45.2 Å². The van der Waals surface area contributed by atoms with E-state index in [9.17, 15) is 14.4 Å². The Bertz CT molecular complexity index is 1040. The van der Waals surface area contributed by atoms with E-state index in [0.29, 0.717) is 47.8 Å². The maximum Gasteiger partial charge on any atom is 0.257 e. The van der Waals surface area contributed by atoms with Gasteiger partial charge in [-0.3, -0.25) is 19.3 Å². The van der Waals surface area contributed by atoms with Gasteiger partial charge in [0.1, 0.15) is 5.66 Å². The molecule has 0 saturated carbocycles. The molecule has 2 aliphatic rings. The van der Waals surface area contributed by atoms with Crippen LogP contribution in [0, 0.1) is 6.92 Å². The fourth-order valence-electron chi connectivity index (χ4n) is 4.33. The van der Waals surface area contributed by atoms with E-state index in [1.807, 2.05) is 38.1 Å². The van der Waals surface area contributed by atoms with E-state index in [4.69, 9.17) is 11.6 Å². The zero-order valence-electron chi connectivity index (χ0n) is 17.1. The van der Waals surface area contributed by atoms with E-state index >= 15 is 0 Å². The van der Waals surface area contributed by atoms with Gasteiger partial charge in [-0.2, -0.15) is 0 Å². The lowest BCUT2D eigenvalue weighted by molar-refractivity contribution is -0.118. The summed E-state index contributed by atoms with van der Waals surface area (Å²) in [5, 5.41) is 3.45. The van der Waals surface area contributed by atoms with E-state index in [2.05, 4.69) is 5.32 Å². The van der Waals surface area contributed by atoms with Crippen LogP contribution < -0.4 is 10.2 Å². The van der Waals surface area contributed by atoms with E-state index in [1.54, 1.807) is 28.0 Å². The number of fused-ring (bicyclic) bond motifs is 3. The Balaban J connectivity index is 1.45. The number of carbonyl (C=O) groups excluding carboxylic acids is 3. The number of hydrogen-bond donors (Lipinski definition) is 1. The van der Waals surface area contributed by atoms with Crippen molar-refractivity contribution in [3.63, 3.8) is 0 Å². The van der Waals surface area contributed by atoms with Crippen LogP contribution in [0.5, 0.6) is 0 Å². The first-order valence-electron chi connectivity index (χ1n) is 10.1. The van der Waals surface area contributed by atoms with Gasteiger partial charge in [0.2, 0.25) is 11.8 Å². The first-order valence-corrected chi connectivity index (χ1v) is 10.5. The summed E-state index contributed by atoms with van der Waals surface area (Å²) < 4.78 is 0. The fourth-order valence-corrected chi connectivity index (χ4v) is 4.51. The van der Waals surface area contributed by atoms with Crippen LogP contribution in [0.1, 0.15) is 48.5 Å². The first kappa shape index (κ1) is 20.4. The third-order valence-electron chi connectivity index (χ3n) is 5.99. The second kappa shape index (κ2) is 7.76. The van der Waals surface area contributed by atoms with E-state index in [1.165, 1.54) is 0 Å². The van der Waals surface area contributed by atoms with E-state index in [0.717, 1.165) is 5.56 Å². The summed E-state index contributed by atoms with van der Waals surface area (Å²) in [5.74, 6) is -0.203. The minimum atomic E-state index is -0.691. The topological polar surface area (TPSA) is 69.7 Å². The van der Waals surface area contributed by atoms with Gasteiger partial charge >= 0.3 is 0 Å². The van der Waals surface area contributed by atoms with Gasteiger partial charge in [0.25, 0.3) is 5.91 Å². The monoisotopic (exact) mass is 425 g/mol. The van der Waals surface area contributed by atoms with Gasteiger partial charge in [-0.1, -0.05) is 29.8 Å². The van der Waals surface area contributed by atoms with Crippen LogP contribution in [0.2, 0.25) is 5.02 Å². The molecule has 2 aromatic rings. The Morgan fingerprint density at radius 1 is 1.20 bits per heavy atom. The summed E-state index contributed by atoms with van der Waals surface area (Å²) in [5.41, 5.74) is 2.12. The van der Waals surface area contributed by atoms with Crippen molar-refractivity contribution in [2.24, 2.45) is 0 Å². The summed E-state index contributed by atoms with van der Waals surface area (Å²) in [6.45, 7) is 4.23. The molecule has 0 radical (unpaired) electrons. The molecule has 2 aliphatic heterocycles. The average molecular weight is 426 g/mol. The number of nitrogens with one attached hydrogen (secondary N) is 1. The molecule has 6 nitrogen and oxygen atoms in total. The highest BCUT2D eigenvalue weighted by Crippen LogP contribution is 2.44. The second-order valence-electron chi connectivity index (χ2n) is 8.04. The molecule has 1 unspecified atom stereocenters. The predicted octanol–water partition coefficient (Wildman–Crippen LogP) is 4.37. The number of benzene rings is 2. The highest BCUT2D eigenvalue weighted by atomic mass is 35.5. The standard InChI is InChI=1S/C23H24ClN3O3/c1-15-9-10-16(14-18(15)24)25-20(28)8-5-13-26-22(30)17-6-3-4-7-19(17)27-21(29)11-12-23(26,27)2/h3-4,6-7,9-10,14H,5,8,11-13H2,1-2H3,(H,25,28). The number of aryl methyl sites for hydroxylation is 1. The smallest absolute Gasteiger partial charge is 0.257 e. The highest BCUT2D eigenvalue weighted by Gasteiger charge is 2.52. The Kier molecular flexibility index (Phi) is 5.28. The summed E-state index contributed by atoms with van der Waals surface area (Å²) >= 11 is 6.11. The van der Waals surface area contributed by atoms with Crippen LogP contribution in [0.15, 0.2) is 42.5 Å². The SMILES string of the molecule is Cc1ccc(NC(=O)CCCN2C(=O)c3ccccc3N3C(=O)CCC23C)cc1Cl. The summed E-state index contributed by atoms with van der Waals surface area (Å²) in [6, 6.07) is 12.6. The van der Waals surface area contributed by atoms with Gasteiger partial charge in [0, 0.05) is 30.1 Å². The highest BCUT2D eigenvalue weighted by molar-refractivity contribution is 6.31. The van der Waals surface area contributed by atoms with Crippen LogP contribution in [-0.2, 0) is 9.59 Å². The predicted molar refractivity (Wildman–Crippen MR) is 117 cm³/mol. The first-order chi connectivity index (χ1) is 14.3. The lowest BCUT2D eigenvalue weighted by Crippen LogP contribution is -2.62. The number of amides is 3. The second-order valence-corrected chi connectivity index (χ2v) is 8.44. The maximum absolute atomic E-state index is 13.2. The van der Waals surface area contributed by atoms with Gasteiger partial charge in [0.05, 0.1) is 11.3 Å². The molecule has 1 saturated heterocycles. The normalized spacial score (nSPS) is 20.2. The van der Waals surface area contributed by atoms with Crippen molar-refractivity contribution in [1.82, 2.24) is 4.90 Å². The molecule has 0 bridgehead atoms. The van der Waals surface area contributed by atoms with Crippen molar-refractivity contribution in [1.29, 1.82) is 0 Å². The molecule has 0 aromatic heterocycles. The summed E-state index contributed by atoms with van der Waals surface area (Å²) in [7, 11) is 0. The molecule has 2 heterocycles. The fraction of sp³-hybridized carbons (Fsp3) is 0.348. The molecule has 156 valence electrons. The van der Waals surface area contributed by atoms with Crippen molar-refractivity contribution in [3.8, 4) is 0 Å². The van der Waals surface area contributed by atoms with Gasteiger partial charge in [0.15, 0.2) is 0 Å². The Labute approximate surface area is 180 Å². The van der Waals surface area contributed by atoms with Crippen molar-refractivity contribution in [2.75, 3.05) is 16.8 Å². The van der Waals surface area contributed by atoms with Crippen molar-refractivity contribution in [3.05, 3.63) is 58.6 Å². The number of para-hydroxylation sites is 1. The van der Waals surface area contributed by atoms with E-state index < -0.39 is 5.66 Å². The molecule has 1 atom stereocenters. The lowest BCUT2D eigenvalue weighted by Gasteiger charge is -2.48. The third-order valence-corrected chi connectivity index (χ3v) is 6.39. The molecule has 2 aromatic carbocycles. The van der Waals surface area contributed by atoms with Crippen LogP contribution in [0.3, 0.4) is 0 Å². The van der Waals surface area contributed by atoms with Gasteiger partial charge in [-0.05, 0) is 56.5 Å². The number of hydrogen-bond acceptors (Lipinski definition) is 3. The zero-order valence-corrected chi connectivity index (χ0v) is 17.8. The molecule has 30 heavy (non-hydrogen) atoms. The zero-order chi connectivity index (χ0) is 21.5.